The predicted octanol–water partition coefficient (Wildman–Crippen LogP) is 2.73. The summed E-state index contributed by atoms with van der Waals surface area (Å²) in [6, 6.07) is 0. The molecule has 0 nitrogen and oxygen atoms in total. The van der Waals surface area contributed by atoms with E-state index in [1.807, 2.05) is 13.8 Å². The predicted molar refractivity (Wildman–Crippen MR) is 37.4 cm³/mol. The Bertz CT molecular complexity index is 102. The van der Waals surface area contributed by atoms with Crippen molar-refractivity contribution < 1.29 is 8.78 Å². The highest BCUT2D eigenvalue weighted by Gasteiger charge is 2.35. The monoisotopic (exact) mass is 148 g/mol. The molecule has 0 radical (unpaired) electrons. The molecule has 0 aromatic carbocycles. The Kier molecular flexibility index (Phi) is 2.27. The molecule has 0 aromatic rings. The summed E-state index contributed by atoms with van der Waals surface area (Å²) in [6.45, 7) is 4.05. The van der Waals surface area contributed by atoms with Crippen molar-refractivity contribution in [3.63, 3.8) is 0 Å². The molecule has 0 N–H and O–H groups in total. The minimum absolute atomic E-state index is 0.269. The number of hydrogen-bond acceptors (Lipinski definition) is 0. The van der Waals surface area contributed by atoms with Crippen LogP contribution in [0.3, 0.4) is 0 Å². The summed E-state index contributed by atoms with van der Waals surface area (Å²) >= 11 is 0. The van der Waals surface area contributed by atoms with E-state index in [1.54, 1.807) is 0 Å². The second kappa shape index (κ2) is 2.85. The molecule has 10 heavy (non-hydrogen) atoms. The fourth-order valence-electron chi connectivity index (χ4n) is 1.51. The molecule has 1 aliphatic rings. The summed E-state index contributed by atoms with van der Waals surface area (Å²) in [7, 11) is 0. The van der Waals surface area contributed by atoms with E-state index in [-0.39, 0.29) is 5.92 Å². The maximum atomic E-state index is 12.6. The van der Waals surface area contributed by atoms with Crippen LogP contribution in [0.2, 0.25) is 0 Å². The average molecular weight is 148 g/mol. The highest BCUT2D eigenvalue weighted by molar-refractivity contribution is 4.84. The van der Waals surface area contributed by atoms with Gasteiger partial charge < -0.3 is 0 Å². The summed E-state index contributed by atoms with van der Waals surface area (Å²) in [5.74, 6) is 0.698. The van der Waals surface area contributed by atoms with Crippen molar-refractivity contribution in [2.75, 3.05) is 0 Å². The minimum atomic E-state index is -1.19. The Labute approximate surface area is 60.6 Å². The number of hydrogen-bond donors (Lipinski definition) is 0. The van der Waals surface area contributed by atoms with Crippen molar-refractivity contribution in [1.29, 1.82) is 0 Å². The second-order valence-electron chi connectivity index (χ2n) is 3.51. The number of rotatable bonds is 1. The van der Waals surface area contributed by atoms with Crippen molar-refractivity contribution >= 4 is 0 Å². The highest BCUT2D eigenvalue weighted by atomic mass is 19.2. The lowest BCUT2D eigenvalue weighted by molar-refractivity contribution is 0.199. The molecular formula is C8H14F2. The molecule has 0 amide bonds. The molecule has 0 aliphatic heterocycles. The molecule has 0 bridgehead atoms. The van der Waals surface area contributed by atoms with E-state index in [1.165, 1.54) is 0 Å². The van der Waals surface area contributed by atoms with Crippen LogP contribution in [0.4, 0.5) is 8.78 Å². The Morgan fingerprint density at radius 3 is 1.70 bits per heavy atom. The molecular weight excluding hydrogens is 134 g/mol. The molecule has 0 aromatic heterocycles. The van der Waals surface area contributed by atoms with Crippen LogP contribution in [0.15, 0.2) is 0 Å². The van der Waals surface area contributed by atoms with Crippen LogP contribution < -0.4 is 0 Å². The van der Waals surface area contributed by atoms with E-state index in [0.717, 1.165) is 0 Å². The molecule has 0 saturated heterocycles. The first-order valence-corrected chi connectivity index (χ1v) is 3.89. The van der Waals surface area contributed by atoms with Gasteiger partial charge in [0.25, 0.3) is 0 Å². The molecule has 1 fully saturated rings. The molecule has 0 heterocycles. The lowest BCUT2D eigenvalue weighted by atomic mass is 9.95. The van der Waals surface area contributed by atoms with Crippen molar-refractivity contribution in [3.8, 4) is 0 Å². The Hall–Kier alpha value is -0.140. The van der Waals surface area contributed by atoms with Crippen LogP contribution in [0.25, 0.3) is 0 Å². The van der Waals surface area contributed by atoms with E-state index in [0.29, 0.717) is 18.8 Å². The third-order valence-corrected chi connectivity index (χ3v) is 2.39. The first-order valence-electron chi connectivity index (χ1n) is 3.89. The van der Waals surface area contributed by atoms with Gasteiger partial charge in [-0.1, -0.05) is 13.8 Å². The summed E-state index contributed by atoms with van der Waals surface area (Å²) in [5, 5.41) is 0. The summed E-state index contributed by atoms with van der Waals surface area (Å²) in [6.07, 6.45) is -1.52. The zero-order valence-corrected chi connectivity index (χ0v) is 6.48. The largest absolute Gasteiger partial charge is 0.244 e. The van der Waals surface area contributed by atoms with Gasteiger partial charge in [-0.3, -0.25) is 0 Å². The lowest BCUT2D eigenvalue weighted by Gasteiger charge is -2.11. The van der Waals surface area contributed by atoms with Crippen LogP contribution in [-0.4, -0.2) is 12.3 Å². The van der Waals surface area contributed by atoms with Gasteiger partial charge in [0, 0.05) is 0 Å². The van der Waals surface area contributed by atoms with Crippen LogP contribution in [0.1, 0.15) is 26.7 Å². The van der Waals surface area contributed by atoms with E-state index < -0.39 is 12.3 Å². The van der Waals surface area contributed by atoms with Gasteiger partial charge in [0.05, 0.1) is 0 Å². The maximum Gasteiger partial charge on any atom is 0.131 e. The molecule has 1 saturated carbocycles. The van der Waals surface area contributed by atoms with Gasteiger partial charge in [-0.15, -0.1) is 0 Å². The quantitative estimate of drug-likeness (QED) is 0.536. The minimum Gasteiger partial charge on any atom is -0.244 e. The maximum absolute atomic E-state index is 12.6. The summed E-state index contributed by atoms with van der Waals surface area (Å²) in [4.78, 5) is 0. The second-order valence-corrected chi connectivity index (χ2v) is 3.51. The summed E-state index contributed by atoms with van der Waals surface area (Å²) < 4.78 is 25.1. The smallest absolute Gasteiger partial charge is 0.131 e. The Morgan fingerprint density at radius 2 is 1.50 bits per heavy atom. The van der Waals surface area contributed by atoms with Gasteiger partial charge >= 0.3 is 0 Å². The average Bonchev–Trinajstić information content (AvgIpc) is 2.13. The molecule has 2 atom stereocenters. The highest BCUT2D eigenvalue weighted by Crippen LogP contribution is 2.35. The molecule has 0 spiro atoms. The van der Waals surface area contributed by atoms with E-state index in [4.69, 9.17) is 0 Å². The topological polar surface area (TPSA) is 0 Å². The standard InChI is InChI=1S/C8H14F2/c1-5(2)6-3-7(9)8(10)4-6/h5-8H,3-4H2,1-2H3/t7-,8-/m1/s1. The fraction of sp³-hybridized carbons (Fsp3) is 1.00. The molecule has 1 aliphatic carbocycles. The van der Waals surface area contributed by atoms with Crippen LogP contribution >= 0.6 is 0 Å². The third kappa shape index (κ3) is 1.47. The number of halogens is 2. The summed E-state index contributed by atoms with van der Waals surface area (Å²) in [5.41, 5.74) is 0. The van der Waals surface area contributed by atoms with Gasteiger partial charge in [0.15, 0.2) is 0 Å². The van der Waals surface area contributed by atoms with Crippen molar-refractivity contribution in [2.24, 2.45) is 11.8 Å². The molecule has 2 heteroatoms. The van der Waals surface area contributed by atoms with Gasteiger partial charge in [-0.05, 0) is 24.7 Å². The van der Waals surface area contributed by atoms with E-state index in [2.05, 4.69) is 0 Å². The van der Waals surface area contributed by atoms with Crippen molar-refractivity contribution in [1.82, 2.24) is 0 Å². The van der Waals surface area contributed by atoms with Crippen LogP contribution in [-0.2, 0) is 0 Å². The van der Waals surface area contributed by atoms with Crippen LogP contribution in [0.5, 0.6) is 0 Å². The fourth-order valence-corrected chi connectivity index (χ4v) is 1.51. The van der Waals surface area contributed by atoms with E-state index in [9.17, 15) is 8.78 Å². The molecule has 0 unspecified atom stereocenters. The zero-order valence-electron chi connectivity index (χ0n) is 6.48. The molecule has 1 rings (SSSR count). The van der Waals surface area contributed by atoms with Crippen molar-refractivity contribution in [2.45, 2.75) is 39.0 Å². The Balaban J connectivity index is 2.41. The van der Waals surface area contributed by atoms with Gasteiger partial charge in [0.1, 0.15) is 12.3 Å². The third-order valence-electron chi connectivity index (χ3n) is 2.39. The normalized spacial score (nSPS) is 35.7. The Morgan fingerprint density at radius 1 is 1.10 bits per heavy atom. The first-order chi connectivity index (χ1) is 4.61. The van der Waals surface area contributed by atoms with Gasteiger partial charge in [0.2, 0.25) is 0 Å². The lowest BCUT2D eigenvalue weighted by Crippen LogP contribution is -2.06. The van der Waals surface area contributed by atoms with Gasteiger partial charge in [-0.2, -0.15) is 0 Å². The number of alkyl halides is 2. The molecule has 60 valence electrons. The van der Waals surface area contributed by atoms with Crippen molar-refractivity contribution in [3.05, 3.63) is 0 Å². The van der Waals surface area contributed by atoms with E-state index >= 15 is 0 Å². The SMILES string of the molecule is CC(C)C1C[C@@H](F)[C@H](F)C1. The first kappa shape index (κ1) is 7.96. The van der Waals surface area contributed by atoms with Gasteiger partial charge in [-0.25, -0.2) is 8.78 Å². The van der Waals surface area contributed by atoms with Crippen LogP contribution in [0, 0.1) is 11.8 Å². The zero-order chi connectivity index (χ0) is 7.72.